The highest BCUT2D eigenvalue weighted by Crippen LogP contribution is 2.28. The van der Waals surface area contributed by atoms with Gasteiger partial charge in [-0.1, -0.05) is 30.3 Å². The van der Waals surface area contributed by atoms with Crippen molar-refractivity contribution >= 4 is 33.7 Å². The van der Waals surface area contributed by atoms with Gasteiger partial charge in [0, 0.05) is 11.6 Å². The summed E-state index contributed by atoms with van der Waals surface area (Å²) in [5, 5.41) is 6.42. The molecule has 0 aliphatic carbocycles. The fourth-order valence-corrected chi connectivity index (χ4v) is 3.76. The minimum Gasteiger partial charge on any atom is -0.489 e. The number of halogens is 3. The van der Waals surface area contributed by atoms with Crippen LogP contribution in [0.25, 0.3) is 10.8 Å². The normalized spacial score (nSPS) is 11.0. The van der Waals surface area contributed by atoms with E-state index in [0.29, 0.717) is 10.6 Å². The molecular formula is C23H16F3NO3S. The van der Waals surface area contributed by atoms with Crippen molar-refractivity contribution < 1.29 is 27.4 Å². The second kappa shape index (κ2) is 9.09. The lowest BCUT2D eigenvalue weighted by molar-refractivity contribution is -0.0495. The summed E-state index contributed by atoms with van der Waals surface area (Å²) >= 11 is 1.18. The largest absolute Gasteiger partial charge is 0.489 e. The van der Waals surface area contributed by atoms with Gasteiger partial charge < -0.3 is 14.8 Å². The molecule has 4 rings (SSSR count). The van der Waals surface area contributed by atoms with E-state index >= 15 is 0 Å². The first-order valence-corrected chi connectivity index (χ1v) is 10.1. The molecule has 8 heteroatoms. The molecule has 0 bridgehead atoms. The van der Waals surface area contributed by atoms with Crippen LogP contribution in [0.5, 0.6) is 11.5 Å². The number of hydrogen-bond acceptors (Lipinski definition) is 4. The van der Waals surface area contributed by atoms with Crippen LogP contribution in [-0.2, 0) is 6.61 Å². The van der Waals surface area contributed by atoms with Crippen LogP contribution in [0.2, 0.25) is 0 Å². The van der Waals surface area contributed by atoms with E-state index in [0.717, 1.165) is 28.5 Å². The zero-order valence-corrected chi connectivity index (χ0v) is 16.8. The Kier molecular flexibility index (Phi) is 6.08. The fourth-order valence-electron chi connectivity index (χ4n) is 2.97. The Balaban J connectivity index is 1.42. The SMILES string of the molecule is O=C(Nc1ccc(F)cc1OC(F)F)c1cc(COc2ccc3ccccc3c2)cs1. The van der Waals surface area contributed by atoms with Gasteiger partial charge in [0.2, 0.25) is 0 Å². The topological polar surface area (TPSA) is 47.6 Å². The molecule has 0 spiro atoms. The van der Waals surface area contributed by atoms with E-state index in [1.807, 2.05) is 42.5 Å². The molecular weight excluding hydrogens is 427 g/mol. The molecule has 0 atom stereocenters. The summed E-state index contributed by atoms with van der Waals surface area (Å²) in [6.45, 7) is -2.88. The van der Waals surface area contributed by atoms with Gasteiger partial charge in [-0.3, -0.25) is 4.79 Å². The number of alkyl halides is 2. The lowest BCUT2D eigenvalue weighted by Gasteiger charge is -2.11. The summed E-state index contributed by atoms with van der Waals surface area (Å²) in [6.07, 6.45) is 0. The van der Waals surface area contributed by atoms with Crippen molar-refractivity contribution in [2.75, 3.05) is 5.32 Å². The molecule has 0 saturated carbocycles. The predicted octanol–water partition coefficient (Wildman–Crippen LogP) is 6.47. The van der Waals surface area contributed by atoms with E-state index in [4.69, 9.17) is 4.74 Å². The van der Waals surface area contributed by atoms with Gasteiger partial charge in [-0.05, 0) is 46.5 Å². The minimum atomic E-state index is -3.14. The number of nitrogens with one attached hydrogen (secondary N) is 1. The number of thiophene rings is 1. The maximum Gasteiger partial charge on any atom is 0.387 e. The van der Waals surface area contributed by atoms with E-state index in [9.17, 15) is 18.0 Å². The van der Waals surface area contributed by atoms with E-state index in [1.165, 1.54) is 17.4 Å². The number of carbonyl (C=O) groups excluding carboxylic acids is 1. The molecule has 0 aliphatic rings. The molecule has 0 unspecified atom stereocenters. The molecule has 4 aromatic rings. The molecule has 1 heterocycles. The van der Waals surface area contributed by atoms with E-state index in [1.54, 1.807) is 11.4 Å². The molecule has 1 amide bonds. The van der Waals surface area contributed by atoms with Crippen molar-refractivity contribution in [3.8, 4) is 11.5 Å². The molecule has 158 valence electrons. The average Bonchev–Trinajstić information content (AvgIpc) is 3.23. The van der Waals surface area contributed by atoms with Gasteiger partial charge in [0.05, 0.1) is 10.6 Å². The third-order valence-corrected chi connectivity index (χ3v) is 5.39. The molecule has 3 aromatic carbocycles. The molecule has 1 aromatic heterocycles. The van der Waals surface area contributed by atoms with Crippen LogP contribution >= 0.6 is 11.3 Å². The van der Waals surface area contributed by atoms with Gasteiger partial charge >= 0.3 is 6.61 Å². The maximum atomic E-state index is 13.3. The second-order valence-electron chi connectivity index (χ2n) is 6.59. The van der Waals surface area contributed by atoms with E-state index in [-0.39, 0.29) is 12.3 Å². The fraction of sp³-hybridized carbons (Fsp3) is 0.0870. The average molecular weight is 443 g/mol. The summed E-state index contributed by atoms with van der Waals surface area (Å²) in [5.74, 6) is -1.01. The second-order valence-corrected chi connectivity index (χ2v) is 7.50. The Bertz CT molecular complexity index is 1230. The van der Waals surface area contributed by atoms with Crippen LogP contribution in [0, 0.1) is 5.82 Å². The summed E-state index contributed by atoms with van der Waals surface area (Å²) in [4.78, 5) is 12.8. The van der Waals surface area contributed by atoms with Gasteiger partial charge in [-0.25, -0.2) is 4.39 Å². The zero-order valence-electron chi connectivity index (χ0n) is 16.0. The lowest BCUT2D eigenvalue weighted by atomic mass is 10.1. The van der Waals surface area contributed by atoms with Crippen LogP contribution in [0.4, 0.5) is 18.9 Å². The van der Waals surface area contributed by atoms with Crippen LogP contribution in [0.1, 0.15) is 15.2 Å². The molecule has 0 radical (unpaired) electrons. The van der Waals surface area contributed by atoms with Crippen molar-refractivity contribution in [2.45, 2.75) is 13.2 Å². The van der Waals surface area contributed by atoms with Gasteiger partial charge in [0.25, 0.3) is 5.91 Å². The number of amides is 1. The molecule has 0 aliphatic heterocycles. The molecule has 0 saturated heterocycles. The number of ether oxygens (including phenoxy) is 2. The van der Waals surface area contributed by atoms with Crippen molar-refractivity contribution in [3.05, 3.63) is 88.4 Å². The molecule has 1 N–H and O–H groups in total. The van der Waals surface area contributed by atoms with Crippen LogP contribution in [-0.4, -0.2) is 12.5 Å². The van der Waals surface area contributed by atoms with Crippen molar-refractivity contribution in [2.24, 2.45) is 0 Å². The summed E-state index contributed by atoms with van der Waals surface area (Å²) in [6, 6.07) is 18.4. The van der Waals surface area contributed by atoms with Crippen LogP contribution < -0.4 is 14.8 Å². The van der Waals surface area contributed by atoms with Gasteiger partial charge in [-0.15, -0.1) is 11.3 Å². The quantitative estimate of drug-likeness (QED) is 0.356. The smallest absolute Gasteiger partial charge is 0.387 e. The minimum absolute atomic E-state index is 0.0472. The van der Waals surface area contributed by atoms with E-state index in [2.05, 4.69) is 10.1 Å². The summed E-state index contributed by atoms with van der Waals surface area (Å²) in [5.41, 5.74) is 0.737. The molecule has 4 nitrogen and oxygen atoms in total. The number of carbonyl (C=O) groups is 1. The number of fused-ring (bicyclic) bond motifs is 1. The third-order valence-electron chi connectivity index (χ3n) is 4.41. The van der Waals surface area contributed by atoms with Crippen molar-refractivity contribution in [1.29, 1.82) is 0 Å². The first kappa shape index (κ1) is 20.7. The van der Waals surface area contributed by atoms with Crippen molar-refractivity contribution in [3.63, 3.8) is 0 Å². The number of hydrogen-bond donors (Lipinski definition) is 1. The maximum absolute atomic E-state index is 13.3. The Morgan fingerprint density at radius 2 is 1.81 bits per heavy atom. The monoisotopic (exact) mass is 443 g/mol. The lowest BCUT2D eigenvalue weighted by Crippen LogP contribution is -2.13. The van der Waals surface area contributed by atoms with Gasteiger partial charge in [-0.2, -0.15) is 8.78 Å². The number of rotatable bonds is 7. The Hall–Kier alpha value is -3.52. The first-order chi connectivity index (χ1) is 15.0. The number of benzene rings is 3. The van der Waals surface area contributed by atoms with Gasteiger partial charge in [0.15, 0.2) is 5.75 Å². The predicted molar refractivity (Wildman–Crippen MR) is 114 cm³/mol. The van der Waals surface area contributed by atoms with Crippen LogP contribution in [0.3, 0.4) is 0 Å². The van der Waals surface area contributed by atoms with Crippen LogP contribution in [0.15, 0.2) is 72.1 Å². The highest BCUT2D eigenvalue weighted by atomic mass is 32.1. The molecule has 31 heavy (non-hydrogen) atoms. The van der Waals surface area contributed by atoms with Crippen molar-refractivity contribution in [1.82, 2.24) is 0 Å². The Labute approximate surface area is 179 Å². The first-order valence-electron chi connectivity index (χ1n) is 9.22. The highest BCUT2D eigenvalue weighted by molar-refractivity contribution is 7.12. The third kappa shape index (κ3) is 5.16. The highest BCUT2D eigenvalue weighted by Gasteiger charge is 2.16. The van der Waals surface area contributed by atoms with E-state index < -0.39 is 24.1 Å². The summed E-state index contributed by atoms with van der Waals surface area (Å²) < 4.78 is 48.5. The standard InChI is InChI=1S/C23H16F3NO3S/c24-17-6-8-19(20(11-17)30-23(25)26)27-22(28)21-9-14(13-31-21)12-29-18-7-5-15-3-1-2-4-16(15)10-18/h1-11,13,23H,12H2,(H,27,28). The zero-order chi connectivity index (χ0) is 21.8. The number of anilines is 1. The summed E-state index contributed by atoms with van der Waals surface area (Å²) in [7, 11) is 0. The van der Waals surface area contributed by atoms with Gasteiger partial charge in [0.1, 0.15) is 18.2 Å². The molecule has 0 fully saturated rings. The Morgan fingerprint density at radius 1 is 1.00 bits per heavy atom. The Morgan fingerprint density at radius 3 is 2.61 bits per heavy atom.